The Morgan fingerprint density at radius 1 is 1.10 bits per heavy atom. The quantitative estimate of drug-likeness (QED) is 0.513. The van der Waals surface area contributed by atoms with Gasteiger partial charge in [-0.05, 0) is 70.9 Å². The van der Waals surface area contributed by atoms with Crippen LogP contribution in [0.5, 0.6) is 0 Å². The first-order valence-electron chi connectivity index (χ1n) is 10.6. The molecule has 1 amide bonds. The van der Waals surface area contributed by atoms with E-state index in [2.05, 4.69) is 18.4 Å². The van der Waals surface area contributed by atoms with Gasteiger partial charge in [0.15, 0.2) is 6.61 Å². The van der Waals surface area contributed by atoms with Crippen molar-refractivity contribution in [2.45, 2.75) is 46.6 Å². The van der Waals surface area contributed by atoms with Crippen molar-refractivity contribution in [1.29, 1.82) is 0 Å². The number of amides is 1. The molecule has 1 fully saturated rings. The van der Waals surface area contributed by atoms with Gasteiger partial charge in [-0.2, -0.15) is 0 Å². The number of aryl methyl sites for hydroxylation is 1. The maximum atomic E-state index is 13.0. The number of piperidine rings is 1. The summed E-state index contributed by atoms with van der Waals surface area (Å²) in [4.78, 5) is 39.2. The molecule has 0 unspecified atom stereocenters. The Balaban J connectivity index is 1.51. The van der Waals surface area contributed by atoms with Crippen molar-refractivity contribution in [3.05, 3.63) is 58.7 Å². The summed E-state index contributed by atoms with van der Waals surface area (Å²) in [6.07, 6.45) is 0.948. The Morgan fingerprint density at radius 2 is 1.71 bits per heavy atom. The van der Waals surface area contributed by atoms with Crippen molar-refractivity contribution in [2.75, 3.05) is 19.7 Å². The lowest BCUT2D eigenvalue weighted by molar-refractivity contribution is -0.148. The van der Waals surface area contributed by atoms with Crippen molar-refractivity contribution in [1.82, 2.24) is 9.47 Å². The van der Waals surface area contributed by atoms with E-state index < -0.39 is 11.8 Å². The molecule has 1 aliphatic rings. The third kappa shape index (κ3) is 5.03. The lowest BCUT2D eigenvalue weighted by Gasteiger charge is -2.31. The van der Waals surface area contributed by atoms with E-state index in [9.17, 15) is 18.8 Å². The highest BCUT2D eigenvalue weighted by molar-refractivity contribution is 5.99. The van der Waals surface area contributed by atoms with Gasteiger partial charge in [0, 0.05) is 41.6 Å². The third-order valence-corrected chi connectivity index (χ3v) is 5.85. The highest BCUT2D eigenvalue weighted by Crippen LogP contribution is 2.23. The molecule has 0 N–H and O–H groups in total. The van der Waals surface area contributed by atoms with E-state index in [1.165, 1.54) is 24.3 Å². The number of rotatable bonds is 6. The topological polar surface area (TPSA) is 68.6 Å². The minimum atomic E-state index is -0.403. The molecule has 0 saturated carbocycles. The molecule has 0 radical (unpaired) electrons. The number of carbonyl (C=O) groups is 3. The highest BCUT2D eigenvalue weighted by Gasteiger charge is 2.29. The van der Waals surface area contributed by atoms with Crippen LogP contribution in [-0.4, -0.2) is 46.8 Å². The second kappa shape index (κ2) is 9.45. The molecule has 1 aromatic heterocycles. The number of carbonyl (C=O) groups excluding carboxylic acids is 3. The van der Waals surface area contributed by atoms with Crippen molar-refractivity contribution in [3.63, 3.8) is 0 Å². The second-order valence-corrected chi connectivity index (χ2v) is 8.35. The Morgan fingerprint density at radius 3 is 2.26 bits per heavy atom. The number of hydrogen-bond donors (Lipinski definition) is 0. The molecule has 3 rings (SSSR count). The fourth-order valence-electron chi connectivity index (χ4n) is 4.28. The number of ether oxygens (including phenoxy) is 1. The molecule has 1 saturated heterocycles. The number of likely N-dealkylation sites (tertiary alicyclic amines) is 1. The van der Waals surface area contributed by atoms with E-state index in [1.807, 2.05) is 19.9 Å². The fraction of sp³-hybridized carbons (Fsp3) is 0.458. The van der Waals surface area contributed by atoms with Crippen molar-refractivity contribution in [3.8, 4) is 0 Å². The lowest BCUT2D eigenvalue weighted by atomic mass is 9.96. The molecule has 2 aromatic rings. The van der Waals surface area contributed by atoms with Crippen molar-refractivity contribution < 1.29 is 23.5 Å². The zero-order valence-electron chi connectivity index (χ0n) is 18.5. The zero-order chi connectivity index (χ0) is 22.7. The molecule has 0 atom stereocenters. The van der Waals surface area contributed by atoms with Crippen LogP contribution in [0.25, 0.3) is 0 Å². The number of benzene rings is 1. The van der Waals surface area contributed by atoms with E-state index in [0.29, 0.717) is 37.1 Å². The summed E-state index contributed by atoms with van der Waals surface area (Å²) in [5, 5.41) is 0. The van der Waals surface area contributed by atoms with Gasteiger partial charge in [0.1, 0.15) is 5.82 Å². The fourth-order valence-corrected chi connectivity index (χ4v) is 4.28. The predicted molar refractivity (Wildman–Crippen MR) is 115 cm³/mol. The van der Waals surface area contributed by atoms with Crippen LogP contribution in [0.1, 0.15) is 64.8 Å². The number of hydrogen-bond acceptors (Lipinski definition) is 4. The van der Waals surface area contributed by atoms with Gasteiger partial charge in [-0.15, -0.1) is 0 Å². The molecule has 7 heteroatoms. The summed E-state index contributed by atoms with van der Waals surface area (Å²) >= 11 is 0. The molecule has 166 valence electrons. The highest BCUT2D eigenvalue weighted by atomic mass is 19.1. The van der Waals surface area contributed by atoms with E-state index in [4.69, 9.17) is 4.74 Å². The SMILES string of the molecule is Cc1cc(C(=O)COC(=O)C2CCN(C(=O)c3ccc(F)cc3)CC2)c(C)n1C(C)C. The van der Waals surface area contributed by atoms with Gasteiger partial charge in [0.25, 0.3) is 5.91 Å². The average molecular weight is 429 g/mol. The van der Waals surface area contributed by atoms with Crippen molar-refractivity contribution >= 4 is 17.7 Å². The number of Topliss-reactive ketones (excluding diaryl/α,β-unsaturated/α-hetero) is 1. The summed E-state index contributed by atoms with van der Waals surface area (Å²) in [6.45, 7) is 8.52. The average Bonchev–Trinajstić information content (AvgIpc) is 3.06. The molecular formula is C24H29FN2O4. The number of nitrogens with zero attached hydrogens (tertiary/aromatic N) is 2. The minimum absolute atomic E-state index is 0.178. The summed E-state index contributed by atoms with van der Waals surface area (Å²) in [6, 6.07) is 7.51. The first kappa shape index (κ1) is 22.7. The summed E-state index contributed by atoms with van der Waals surface area (Å²) < 4.78 is 20.4. The van der Waals surface area contributed by atoms with Gasteiger partial charge >= 0.3 is 5.97 Å². The minimum Gasteiger partial charge on any atom is -0.457 e. The maximum absolute atomic E-state index is 13.0. The molecule has 1 aromatic carbocycles. The lowest BCUT2D eigenvalue weighted by Crippen LogP contribution is -2.40. The first-order chi connectivity index (χ1) is 14.7. The van der Waals surface area contributed by atoms with Crippen molar-refractivity contribution in [2.24, 2.45) is 5.92 Å². The smallest absolute Gasteiger partial charge is 0.309 e. The van der Waals surface area contributed by atoms with Crippen LogP contribution in [0.4, 0.5) is 4.39 Å². The molecular weight excluding hydrogens is 399 g/mol. The number of esters is 1. The second-order valence-electron chi connectivity index (χ2n) is 8.35. The standard InChI is InChI=1S/C24H29FN2O4/c1-15(2)27-16(3)13-21(17(27)4)22(28)14-31-24(30)19-9-11-26(12-10-19)23(29)18-5-7-20(25)8-6-18/h5-8,13,15,19H,9-12,14H2,1-4H3. The van der Waals surface area contributed by atoms with Crippen LogP contribution < -0.4 is 0 Å². The van der Waals surface area contributed by atoms with E-state index in [-0.39, 0.29) is 30.3 Å². The maximum Gasteiger partial charge on any atom is 0.309 e. The normalized spacial score (nSPS) is 14.7. The van der Waals surface area contributed by atoms with Gasteiger partial charge in [-0.25, -0.2) is 4.39 Å². The predicted octanol–water partition coefficient (Wildman–Crippen LogP) is 4.10. The number of ketones is 1. The molecule has 6 nitrogen and oxygen atoms in total. The van der Waals surface area contributed by atoms with E-state index >= 15 is 0 Å². The van der Waals surface area contributed by atoms with Gasteiger partial charge in [0.2, 0.25) is 5.78 Å². The molecule has 1 aliphatic heterocycles. The van der Waals surface area contributed by atoms with E-state index in [1.54, 1.807) is 4.90 Å². The van der Waals surface area contributed by atoms with Crippen LogP contribution in [0.2, 0.25) is 0 Å². The number of halogens is 1. The van der Waals surface area contributed by atoms with Gasteiger partial charge in [0.05, 0.1) is 5.92 Å². The van der Waals surface area contributed by atoms with Crippen LogP contribution >= 0.6 is 0 Å². The summed E-state index contributed by atoms with van der Waals surface area (Å²) in [5.74, 6) is -1.52. The summed E-state index contributed by atoms with van der Waals surface area (Å²) in [7, 11) is 0. The molecule has 2 heterocycles. The van der Waals surface area contributed by atoms with E-state index in [0.717, 1.165) is 11.4 Å². The van der Waals surface area contributed by atoms with Crippen LogP contribution in [0.3, 0.4) is 0 Å². The molecule has 0 bridgehead atoms. The zero-order valence-corrected chi connectivity index (χ0v) is 18.5. The molecule has 0 aliphatic carbocycles. The van der Waals surface area contributed by atoms with Crippen LogP contribution in [0, 0.1) is 25.6 Å². The monoisotopic (exact) mass is 428 g/mol. The molecule has 31 heavy (non-hydrogen) atoms. The van der Waals surface area contributed by atoms with Crippen LogP contribution in [0.15, 0.2) is 30.3 Å². The number of aromatic nitrogens is 1. The first-order valence-corrected chi connectivity index (χ1v) is 10.6. The van der Waals surface area contributed by atoms with Gasteiger partial charge < -0.3 is 14.2 Å². The Labute approximate surface area is 182 Å². The van der Waals surface area contributed by atoms with Crippen LogP contribution in [-0.2, 0) is 9.53 Å². The third-order valence-electron chi connectivity index (χ3n) is 5.85. The Hall–Kier alpha value is -2.96. The Bertz CT molecular complexity index is 970. The largest absolute Gasteiger partial charge is 0.457 e. The molecule has 0 spiro atoms. The van der Waals surface area contributed by atoms with Gasteiger partial charge in [-0.1, -0.05) is 0 Å². The Kier molecular flexibility index (Phi) is 6.93. The summed E-state index contributed by atoms with van der Waals surface area (Å²) in [5.41, 5.74) is 2.88. The van der Waals surface area contributed by atoms with Gasteiger partial charge in [-0.3, -0.25) is 14.4 Å².